The second-order valence-corrected chi connectivity index (χ2v) is 15.3. The fraction of sp³-hybridized carbons (Fsp3) is 0.0182. The van der Waals surface area contributed by atoms with Gasteiger partial charge in [0.1, 0.15) is 11.5 Å². The molecule has 12 rings (SSSR count). The summed E-state index contributed by atoms with van der Waals surface area (Å²) in [4.78, 5) is 19.8. The first-order valence-electron chi connectivity index (χ1n) is 20.2. The number of ether oxygens (including phenoxy) is 1. The minimum Gasteiger partial charge on any atom is -0.455 e. The molecule has 0 bridgehead atoms. The van der Waals surface area contributed by atoms with Crippen molar-refractivity contribution in [1.82, 2.24) is 19.9 Å². The number of hydrogen-bond donors (Lipinski definition) is 0. The summed E-state index contributed by atoms with van der Waals surface area (Å²) in [6.07, 6.45) is 1.87. The van der Waals surface area contributed by atoms with Gasteiger partial charge in [-0.15, -0.1) is 0 Å². The molecular formula is C55H34N4O. The van der Waals surface area contributed by atoms with Gasteiger partial charge in [-0.25, -0.2) is 15.0 Å². The molecule has 1 spiro atoms. The third kappa shape index (κ3) is 5.12. The first-order chi connectivity index (χ1) is 29.8. The second-order valence-electron chi connectivity index (χ2n) is 15.3. The van der Waals surface area contributed by atoms with E-state index in [2.05, 4.69) is 133 Å². The topological polar surface area (TPSA) is 60.8 Å². The minimum atomic E-state index is -0.632. The van der Waals surface area contributed by atoms with Crippen LogP contribution in [0, 0.1) is 0 Å². The van der Waals surface area contributed by atoms with E-state index < -0.39 is 5.41 Å². The number of pyridine rings is 1. The third-order valence-electron chi connectivity index (χ3n) is 12.1. The summed E-state index contributed by atoms with van der Waals surface area (Å²) in [5.74, 6) is 3.55. The van der Waals surface area contributed by atoms with E-state index in [9.17, 15) is 0 Å². The van der Waals surface area contributed by atoms with Crippen LogP contribution in [0.25, 0.3) is 78.4 Å². The highest BCUT2D eigenvalue weighted by molar-refractivity contribution is 5.98. The van der Waals surface area contributed by atoms with Crippen LogP contribution in [0.3, 0.4) is 0 Å². The molecular weight excluding hydrogens is 733 g/mol. The Hall–Kier alpha value is -8.02. The van der Waals surface area contributed by atoms with Gasteiger partial charge in [-0.2, -0.15) is 0 Å². The van der Waals surface area contributed by atoms with Crippen LogP contribution >= 0.6 is 0 Å². The summed E-state index contributed by atoms with van der Waals surface area (Å²) in [6, 6.07) is 70.1. The van der Waals surface area contributed by atoms with Crippen molar-refractivity contribution < 1.29 is 4.74 Å². The average Bonchev–Trinajstić information content (AvgIpc) is 3.62. The molecule has 0 amide bonds. The summed E-state index contributed by atoms with van der Waals surface area (Å²) in [7, 11) is 0. The van der Waals surface area contributed by atoms with Gasteiger partial charge in [-0.3, -0.25) is 4.98 Å². The molecule has 5 nitrogen and oxygen atoms in total. The van der Waals surface area contributed by atoms with E-state index in [-0.39, 0.29) is 0 Å². The van der Waals surface area contributed by atoms with Crippen LogP contribution in [0.5, 0.6) is 11.5 Å². The van der Waals surface area contributed by atoms with E-state index in [1.807, 2.05) is 72.9 Å². The lowest BCUT2D eigenvalue weighted by molar-refractivity contribution is 0.440. The van der Waals surface area contributed by atoms with Crippen molar-refractivity contribution in [1.29, 1.82) is 0 Å². The smallest absolute Gasteiger partial charge is 0.164 e. The van der Waals surface area contributed by atoms with Crippen molar-refractivity contribution in [3.05, 3.63) is 229 Å². The summed E-state index contributed by atoms with van der Waals surface area (Å²) < 4.78 is 7.40. The van der Waals surface area contributed by atoms with Crippen LogP contribution in [0.1, 0.15) is 22.3 Å². The Balaban J connectivity index is 1.06. The van der Waals surface area contributed by atoms with Gasteiger partial charge in [0.25, 0.3) is 0 Å². The number of benzene rings is 8. The van der Waals surface area contributed by atoms with E-state index in [0.717, 1.165) is 72.5 Å². The molecule has 10 aromatic rings. The fourth-order valence-corrected chi connectivity index (χ4v) is 9.44. The van der Waals surface area contributed by atoms with Gasteiger partial charge >= 0.3 is 0 Å². The summed E-state index contributed by atoms with van der Waals surface area (Å²) in [5.41, 5.74) is 14.3. The van der Waals surface area contributed by atoms with Gasteiger partial charge in [0.05, 0.1) is 10.9 Å². The third-order valence-corrected chi connectivity index (χ3v) is 12.1. The zero-order valence-corrected chi connectivity index (χ0v) is 32.3. The Morgan fingerprint density at radius 1 is 0.317 bits per heavy atom. The van der Waals surface area contributed by atoms with Crippen LogP contribution in [0.15, 0.2) is 206 Å². The molecule has 0 radical (unpaired) electrons. The van der Waals surface area contributed by atoms with Crippen LogP contribution in [-0.2, 0) is 5.41 Å². The number of rotatable bonds is 5. The van der Waals surface area contributed by atoms with Crippen molar-refractivity contribution in [2.45, 2.75) is 5.41 Å². The average molecular weight is 767 g/mol. The lowest BCUT2D eigenvalue weighted by Gasteiger charge is -2.40. The lowest BCUT2D eigenvalue weighted by Crippen LogP contribution is -2.32. The van der Waals surface area contributed by atoms with Crippen molar-refractivity contribution in [2.24, 2.45) is 0 Å². The Labute approximate surface area is 347 Å². The second kappa shape index (κ2) is 13.5. The number of aromatic nitrogens is 4. The minimum absolute atomic E-state index is 0.612. The molecule has 2 aromatic heterocycles. The number of fused-ring (bicyclic) bond motifs is 10. The van der Waals surface area contributed by atoms with Crippen LogP contribution in [0.2, 0.25) is 0 Å². The zero-order chi connectivity index (χ0) is 39.6. The largest absolute Gasteiger partial charge is 0.455 e. The molecule has 2 aliphatic rings. The Bertz CT molecular complexity index is 3180. The van der Waals surface area contributed by atoms with E-state index in [4.69, 9.17) is 24.7 Å². The monoisotopic (exact) mass is 766 g/mol. The summed E-state index contributed by atoms with van der Waals surface area (Å²) in [6.45, 7) is 0. The standard InChI is InChI=1S/C55H34N4O/c1-3-15-37(16-4-1)52-57-53(38-17-5-2-6-18-38)59-54(58-52)39-32-30-35(31-33-39)40-23-12-28-47-50(40)60-51-44(43-24-11-19-36-20-14-34-56-49(36)43)25-13-29-48(51)55(47)45-26-9-7-21-41(45)42-22-8-10-27-46(42)55/h1-34H. The van der Waals surface area contributed by atoms with Crippen LogP contribution in [-0.4, -0.2) is 19.9 Å². The predicted octanol–water partition coefficient (Wildman–Crippen LogP) is 13.2. The highest BCUT2D eigenvalue weighted by Crippen LogP contribution is 2.64. The van der Waals surface area contributed by atoms with E-state index in [0.29, 0.717) is 17.5 Å². The number of nitrogens with zero attached hydrogens (tertiary/aromatic N) is 4. The quantitative estimate of drug-likeness (QED) is 0.175. The molecule has 0 fully saturated rings. The maximum atomic E-state index is 7.40. The van der Waals surface area contributed by atoms with E-state index in [1.165, 1.54) is 22.3 Å². The molecule has 60 heavy (non-hydrogen) atoms. The molecule has 280 valence electrons. The molecule has 0 saturated heterocycles. The fourth-order valence-electron chi connectivity index (χ4n) is 9.44. The van der Waals surface area contributed by atoms with Crippen LogP contribution < -0.4 is 4.74 Å². The molecule has 0 saturated carbocycles. The van der Waals surface area contributed by atoms with Crippen molar-refractivity contribution in [3.8, 4) is 79.0 Å². The zero-order valence-electron chi connectivity index (χ0n) is 32.3. The molecule has 1 aliphatic carbocycles. The van der Waals surface area contributed by atoms with Gasteiger partial charge in [0.2, 0.25) is 0 Å². The van der Waals surface area contributed by atoms with Gasteiger partial charge in [0, 0.05) is 56.1 Å². The highest BCUT2D eigenvalue weighted by atomic mass is 16.5. The van der Waals surface area contributed by atoms with E-state index >= 15 is 0 Å². The van der Waals surface area contributed by atoms with Gasteiger partial charge in [-0.1, -0.05) is 194 Å². The van der Waals surface area contributed by atoms with Gasteiger partial charge in [-0.05, 0) is 33.9 Å². The molecule has 1 aliphatic heterocycles. The molecule has 3 heterocycles. The first-order valence-corrected chi connectivity index (χ1v) is 20.2. The molecule has 0 unspecified atom stereocenters. The Morgan fingerprint density at radius 2 is 0.750 bits per heavy atom. The maximum Gasteiger partial charge on any atom is 0.164 e. The molecule has 0 atom stereocenters. The number of hydrogen-bond acceptors (Lipinski definition) is 5. The van der Waals surface area contributed by atoms with Crippen LogP contribution in [0.4, 0.5) is 0 Å². The SMILES string of the molecule is c1ccc(-c2nc(-c3ccccc3)nc(-c3ccc(-c4cccc5c4Oc4c(-c6cccc7cccnc67)cccc4C54c5ccccc5-c5ccccc54)cc3)n2)cc1. The number of para-hydroxylation sites is 3. The highest BCUT2D eigenvalue weighted by Gasteiger charge is 2.52. The van der Waals surface area contributed by atoms with Gasteiger partial charge < -0.3 is 4.74 Å². The molecule has 0 N–H and O–H groups in total. The maximum absolute atomic E-state index is 7.40. The van der Waals surface area contributed by atoms with E-state index in [1.54, 1.807) is 0 Å². The molecule has 8 aromatic carbocycles. The normalized spacial score (nSPS) is 12.9. The first kappa shape index (κ1) is 34.1. The predicted molar refractivity (Wildman–Crippen MR) is 240 cm³/mol. The molecule has 5 heteroatoms. The lowest BCUT2D eigenvalue weighted by atomic mass is 9.65. The van der Waals surface area contributed by atoms with Gasteiger partial charge in [0.15, 0.2) is 17.5 Å². The Morgan fingerprint density at radius 3 is 1.37 bits per heavy atom. The Kier molecular flexibility index (Phi) is 7.69. The van der Waals surface area contributed by atoms with Crippen molar-refractivity contribution in [3.63, 3.8) is 0 Å². The van der Waals surface area contributed by atoms with Crippen molar-refractivity contribution >= 4 is 10.9 Å². The van der Waals surface area contributed by atoms with Crippen molar-refractivity contribution in [2.75, 3.05) is 0 Å². The summed E-state index contributed by atoms with van der Waals surface area (Å²) >= 11 is 0. The summed E-state index contributed by atoms with van der Waals surface area (Å²) in [5, 5.41) is 1.08.